The predicted molar refractivity (Wildman–Crippen MR) is 115 cm³/mol. The third-order valence-electron chi connectivity index (χ3n) is 5.72. The maximum absolute atomic E-state index is 13.1. The van der Waals surface area contributed by atoms with Gasteiger partial charge in [0.15, 0.2) is 0 Å². The Bertz CT molecular complexity index is 892. The molecular formula is C23H24N2O3S. The summed E-state index contributed by atoms with van der Waals surface area (Å²) in [6.07, 6.45) is 5.04. The van der Waals surface area contributed by atoms with Crippen LogP contribution < -0.4 is 10.6 Å². The fraction of sp³-hybridized carbons (Fsp3) is 0.348. The zero-order valence-corrected chi connectivity index (χ0v) is 16.9. The highest BCUT2D eigenvalue weighted by atomic mass is 32.2. The van der Waals surface area contributed by atoms with Crippen molar-refractivity contribution in [2.45, 2.75) is 43.3 Å². The van der Waals surface area contributed by atoms with Crippen molar-refractivity contribution in [3.05, 3.63) is 65.7 Å². The Balaban J connectivity index is 1.44. The Hall–Kier alpha value is -2.60. The molecule has 1 aliphatic heterocycles. The van der Waals surface area contributed by atoms with Crippen LogP contribution in [0.2, 0.25) is 0 Å². The molecule has 2 atom stereocenters. The number of carbonyl (C=O) groups excluding carboxylic acids is 3. The van der Waals surface area contributed by atoms with Crippen LogP contribution >= 0.6 is 11.8 Å². The number of amides is 3. The highest BCUT2D eigenvalue weighted by Crippen LogP contribution is 2.38. The minimum Gasteiger partial charge on any atom is -0.326 e. The van der Waals surface area contributed by atoms with Crippen LogP contribution in [0.5, 0.6) is 0 Å². The van der Waals surface area contributed by atoms with Crippen LogP contribution in [0.15, 0.2) is 54.6 Å². The number of thioether (sulfide) groups is 1. The summed E-state index contributed by atoms with van der Waals surface area (Å²) in [4.78, 5) is 36.2. The molecule has 1 saturated carbocycles. The van der Waals surface area contributed by atoms with E-state index in [4.69, 9.17) is 0 Å². The van der Waals surface area contributed by atoms with Crippen LogP contribution in [0.25, 0.3) is 0 Å². The number of nitrogens with one attached hydrogen (secondary N) is 2. The van der Waals surface area contributed by atoms with E-state index in [1.807, 2.05) is 54.6 Å². The second kappa shape index (κ2) is 8.82. The SMILES string of the molecule is O=C1NC(=O)C(Cc2ccc(NC(=O)C(c3ccccc3)C3CCCC3)cc2)S1. The van der Waals surface area contributed by atoms with Crippen molar-refractivity contribution >= 4 is 34.5 Å². The largest absolute Gasteiger partial charge is 0.326 e. The Morgan fingerprint density at radius 1 is 1.03 bits per heavy atom. The van der Waals surface area contributed by atoms with Gasteiger partial charge >= 0.3 is 0 Å². The molecule has 29 heavy (non-hydrogen) atoms. The van der Waals surface area contributed by atoms with E-state index >= 15 is 0 Å². The predicted octanol–water partition coefficient (Wildman–Crippen LogP) is 4.49. The molecular weight excluding hydrogens is 384 g/mol. The fourth-order valence-corrected chi connectivity index (χ4v) is 5.13. The van der Waals surface area contributed by atoms with Gasteiger partial charge in [-0.1, -0.05) is 67.1 Å². The van der Waals surface area contributed by atoms with E-state index in [9.17, 15) is 14.4 Å². The molecule has 0 radical (unpaired) electrons. The van der Waals surface area contributed by atoms with Gasteiger partial charge in [0.1, 0.15) is 0 Å². The van der Waals surface area contributed by atoms with Crippen molar-refractivity contribution in [2.24, 2.45) is 5.92 Å². The van der Waals surface area contributed by atoms with Gasteiger partial charge in [-0.25, -0.2) is 0 Å². The molecule has 2 unspecified atom stereocenters. The maximum Gasteiger partial charge on any atom is 0.286 e. The first-order chi connectivity index (χ1) is 14.1. The summed E-state index contributed by atoms with van der Waals surface area (Å²) in [5, 5.41) is 4.71. The van der Waals surface area contributed by atoms with Crippen molar-refractivity contribution in [1.29, 1.82) is 0 Å². The van der Waals surface area contributed by atoms with Crippen molar-refractivity contribution in [1.82, 2.24) is 5.32 Å². The van der Waals surface area contributed by atoms with E-state index in [1.54, 1.807) is 0 Å². The van der Waals surface area contributed by atoms with Gasteiger partial charge in [0.2, 0.25) is 11.8 Å². The lowest BCUT2D eigenvalue weighted by atomic mass is 9.84. The van der Waals surface area contributed by atoms with Gasteiger partial charge in [-0.15, -0.1) is 0 Å². The number of anilines is 1. The monoisotopic (exact) mass is 408 g/mol. The van der Waals surface area contributed by atoms with E-state index in [2.05, 4.69) is 10.6 Å². The van der Waals surface area contributed by atoms with E-state index < -0.39 is 0 Å². The van der Waals surface area contributed by atoms with Gasteiger partial charge in [-0.2, -0.15) is 0 Å². The second-order valence-electron chi connectivity index (χ2n) is 7.71. The van der Waals surface area contributed by atoms with Crippen LogP contribution in [0.4, 0.5) is 10.5 Å². The first kappa shape index (κ1) is 19.7. The summed E-state index contributed by atoms with van der Waals surface area (Å²) < 4.78 is 0. The zero-order chi connectivity index (χ0) is 20.2. The van der Waals surface area contributed by atoms with Gasteiger partial charge in [0, 0.05) is 5.69 Å². The van der Waals surface area contributed by atoms with E-state index in [0.717, 1.165) is 41.4 Å². The van der Waals surface area contributed by atoms with Gasteiger partial charge in [-0.3, -0.25) is 19.7 Å². The van der Waals surface area contributed by atoms with Crippen LogP contribution in [0.1, 0.15) is 42.7 Å². The molecule has 0 spiro atoms. The number of hydrogen-bond acceptors (Lipinski definition) is 4. The van der Waals surface area contributed by atoms with Crippen LogP contribution in [0, 0.1) is 5.92 Å². The van der Waals surface area contributed by atoms with Crippen molar-refractivity contribution in [3.8, 4) is 0 Å². The number of hydrogen-bond donors (Lipinski definition) is 2. The molecule has 6 heteroatoms. The lowest BCUT2D eigenvalue weighted by molar-refractivity contribution is -0.119. The molecule has 1 saturated heterocycles. The lowest BCUT2D eigenvalue weighted by Gasteiger charge is -2.23. The topological polar surface area (TPSA) is 75.3 Å². The molecule has 0 bridgehead atoms. The molecule has 3 amide bonds. The Morgan fingerprint density at radius 3 is 2.34 bits per heavy atom. The molecule has 150 valence electrons. The molecule has 2 aromatic carbocycles. The normalized spacial score (nSPS) is 20.5. The molecule has 2 aromatic rings. The van der Waals surface area contributed by atoms with Crippen LogP contribution in [-0.4, -0.2) is 22.3 Å². The van der Waals surface area contributed by atoms with E-state index in [0.29, 0.717) is 12.3 Å². The number of imide groups is 1. The van der Waals surface area contributed by atoms with Gasteiger partial charge in [-0.05, 0) is 48.4 Å². The number of carbonyl (C=O) groups is 3. The number of rotatable bonds is 6. The molecule has 2 aliphatic rings. The standard InChI is InChI=1S/C23H24N2O3S/c26-21-19(29-23(28)25-21)14-15-10-12-18(13-11-15)24-22(27)20(17-8-4-5-9-17)16-6-2-1-3-7-16/h1-3,6-7,10-13,17,19-20H,4-5,8-9,14H2,(H,24,27)(H,25,26,28). The first-order valence-corrected chi connectivity index (χ1v) is 10.9. The maximum atomic E-state index is 13.1. The summed E-state index contributed by atoms with van der Waals surface area (Å²) in [6, 6.07) is 17.6. The molecule has 2 fully saturated rings. The summed E-state index contributed by atoms with van der Waals surface area (Å²) in [5.74, 6) is 0.0434. The molecule has 1 aliphatic carbocycles. The van der Waals surface area contributed by atoms with Crippen LogP contribution in [0.3, 0.4) is 0 Å². The average Bonchev–Trinajstić information content (AvgIpc) is 3.34. The molecule has 1 heterocycles. The van der Waals surface area contributed by atoms with Gasteiger partial charge in [0.05, 0.1) is 11.2 Å². The highest BCUT2D eigenvalue weighted by molar-refractivity contribution is 8.15. The van der Waals surface area contributed by atoms with E-state index in [1.165, 1.54) is 12.8 Å². The summed E-state index contributed by atoms with van der Waals surface area (Å²) in [7, 11) is 0. The summed E-state index contributed by atoms with van der Waals surface area (Å²) in [5.41, 5.74) is 2.78. The third-order valence-corrected chi connectivity index (χ3v) is 6.70. The Labute approximate surface area is 174 Å². The highest BCUT2D eigenvalue weighted by Gasteiger charge is 2.33. The van der Waals surface area contributed by atoms with Gasteiger partial charge < -0.3 is 5.32 Å². The summed E-state index contributed by atoms with van der Waals surface area (Å²) >= 11 is 1.03. The minimum absolute atomic E-state index is 0.0344. The van der Waals surface area contributed by atoms with Gasteiger partial charge in [0.25, 0.3) is 5.24 Å². The van der Waals surface area contributed by atoms with Crippen molar-refractivity contribution in [3.63, 3.8) is 0 Å². The van der Waals surface area contributed by atoms with Crippen LogP contribution in [-0.2, 0) is 16.0 Å². The molecule has 4 rings (SSSR count). The van der Waals surface area contributed by atoms with E-state index in [-0.39, 0.29) is 28.2 Å². The average molecular weight is 409 g/mol. The summed E-state index contributed by atoms with van der Waals surface area (Å²) in [6.45, 7) is 0. The molecule has 5 nitrogen and oxygen atoms in total. The lowest BCUT2D eigenvalue weighted by Crippen LogP contribution is -2.26. The van der Waals surface area contributed by atoms with Crippen molar-refractivity contribution < 1.29 is 14.4 Å². The number of benzene rings is 2. The zero-order valence-electron chi connectivity index (χ0n) is 16.1. The second-order valence-corrected chi connectivity index (χ2v) is 8.88. The van der Waals surface area contributed by atoms with Crippen molar-refractivity contribution in [2.75, 3.05) is 5.32 Å². The minimum atomic E-state index is -0.382. The first-order valence-electron chi connectivity index (χ1n) is 10.1. The fourth-order valence-electron chi connectivity index (χ4n) is 4.27. The third kappa shape index (κ3) is 4.70. The molecule has 2 N–H and O–H groups in total. The smallest absolute Gasteiger partial charge is 0.286 e. The Kier molecular flexibility index (Phi) is 6.00. The Morgan fingerprint density at radius 2 is 1.72 bits per heavy atom. The quantitative estimate of drug-likeness (QED) is 0.738. The molecule has 0 aromatic heterocycles.